The molecule has 4 atom stereocenters. The minimum Gasteiger partial charge on any atom is -0.481 e. The number of nitrogens with zero attached hydrogens (tertiary/aromatic N) is 5. The number of aliphatic carboxylic acids is 1. The Morgan fingerprint density at radius 2 is 2.03 bits per heavy atom. The number of aromatic nitrogens is 2. The smallest absolute Gasteiger partial charge is 0.481 e. The predicted octanol–water partition coefficient (Wildman–Crippen LogP) is 1.38. The fraction of sp³-hybridized carbons (Fsp3) is 0.632. The first-order chi connectivity index (χ1) is 16.1. The van der Waals surface area contributed by atoms with Crippen LogP contribution in [0.4, 0.5) is 4.79 Å². The molecule has 0 aromatic carbocycles. The van der Waals surface area contributed by atoms with Crippen LogP contribution < -0.4 is 11.2 Å². The molecule has 186 valence electrons. The number of esters is 1. The molecule has 15 nitrogen and oxygen atoms in total. The van der Waals surface area contributed by atoms with Gasteiger partial charge in [-0.15, -0.1) is 0 Å². The van der Waals surface area contributed by atoms with E-state index in [1.807, 2.05) is 0 Å². The molecule has 0 radical (unpaired) electrons. The van der Waals surface area contributed by atoms with Crippen molar-refractivity contribution in [3.05, 3.63) is 43.0 Å². The molecule has 34 heavy (non-hydrogen) atoms. The molecular weight excluding hydrogens is 458 g/mol. The third kappa shape index (κ3) is 6.59. The number of rotatable bonds is 10. The highest BCUT2D eigenvalue weighted by atomic mass is 16.7. The van der Waals surface area contributed by atoms with Gasteiger partial charge in [0.25, 0.3) is 5.56 Å². The molecule has 1 aliphatic rings. The maximum atomic E-state index is 13.1. The average Bonchev–Trinajstić information content (AvgIpc) is 3.16. The predicted molar refractivity (Wildman–Crippen MR) is 112 cm³/mol. The van der Waals surface area contributed by atoms with Gasteiger partial charge in [0.1, 0.15) is 18.9 Å². The molecule has 2 heterocycles. The normalized spacial score (nSPS) is 20.1. The van der Waals surface area contributed by atoms with Gasteiger partial charge in [-0.25, -0.2) is 14.2 Å². The van der Waals surface area contributed by atoms with E-state index in [0.29, 0.717) is 0 Å². The number of ether oxygens (including phenoxy) is 4. The van der Waals surface area contributed by atoms with Crippen LogP contribution in [-0.4, -0.2) is 57.7 Å². The minimum atomic E-state index is -1.29. The Hall–Kier alpha value is -3.84. The van der Waals surface area contributed by atoms with Crippen molar-refractivity contribution in [1.29, 1.82) is 0 Å². The van der Waals surface area contributed by atoms with Crippen LogP contribution in [0.15, 0.2) is 20.9 Å². The maximum absolute atomic E-state index is 13.1. The fourth-order valence-corrected chi connectivity index (χ4v) is 3.27. The Morgan fingerprint density at radius 3 is 2.65 bits per heavy atom. The van der Waals surface area contributed by atoms with Gasteiger partial charge in [0, 0.05) is 23.1 Å². The number of hydrogen-bond acceptors (Lipinski definition) is 10. The van der Waals surface area contributed by atoms with E-state index in [9.17, 15) is 24.0 Å². The summed E-state index contributed by atoms with van der Waals surface area (Å²) >= 11 is 0. The van der Waals surface area contributed by atoms with E-state index >= 15 is 0 Å². The van der Waals surface area contributed by atoms with Gasteiger partial charge in [0.2, 0.25) is 0 Å². The van der Waals surface area contributed by atoms with Gasteiger partial charge in [-0.1, -0.05) is 5.11 Å². The molecular formula is C19H25N5O10. The molecule has 2 rings (SSSR count). The van der Waals surface area contributed by atoms with E-state index in [1.54, 1.807) is 6.92 Å². The van der Waals surface area contributed by atoms with Crippen molar-refractivity contribution in [2.75, 3.05) is 13.2 Å². The molecule has 1 aliphatic heterocycles. The topological polar surface area (TPSA) is 201 Å². The van der Waals surface area contributed by atoms with Gasteiger partial charge in [0.05, 0.1) is 25.5 Å². The van der Waals surface area contributed by atoms with E-state index in [0.717, 1.165) is 9.13 Å². The van der Waals surface area contributed by atoms with Crippen molar-refractivity contribution in [2.45, 2.75) is 64.6 Å². The maximum Gasteiger partial charge on any atom is 0.510 e. The van der Waals surface area contributed by atoms with Crippen LogP contribution in [0.2, 0.25) is 0 Å². The second-order valence-corrected chi connectivity index (χ2v) is 7.29. The van der Waals surface area contributed by atoms with Crippen LogP contribution in [0, 0.1) is 6.92 Å². The lowest BCUT2D eigenvalue weighted by molar-refractivity contribution is -0.151. The van der Waals surface area contributed by atoms with Crippen LogP contribution in [0.5, 0.6) is 0 Å². The highest BCUT2D eigenvalue weighted by molar-refractivity contribution is 5.76. The van der Waals surface area contributed by atoms with E-state index in [1.165, 1.54) is 20.0 Å². The number of hydrogen-bond donors (Lipinski definition) is 1. The third-order valence-electron chi connectivity index (χ3n) is 4.87. The zero-order valence-electron chi connectivity index (χ0n) is 18.8. The molecule has 1 saturated heterocycles. The Bertz CT molecular complexity index is 1090. The zero-order valence-corrected chi connectivity index (χ0v) is 18.8. The van der Waals surface area contributed by atoms with Gasteiger partial charge in [-0.3, -0.25) is 19.0 Å². The van der Waals surface area contributed by atoms with Crippen LogP contribution in [0.3, 0.4) is 0 Å². The van der Waals surface area contributed by atoms with Gasteiger partial charge >= 0.3 is 23.8 Å². The van der Waals surface area contributed by atoms with Crippen molar-refractivity contribution < 1.29 is 38.4 Å². The lowest BCUT2D eigenvalue weighted by Gasteiger charge is -2.20. The number of azide groups is 1. The van der Waals surface area contributed by atoms with Crippen molar-refractivity contribution in [3.63, 3.8) is 0 Å². The zero-order chi connectivity index (χ0) is 25.4. The second-order valence-electron chi connectivity index (χ2n) is 7.29. The quantitative estimate of drug-likeness (QED) is 0.219. The first-order valence-corrected chi connectivity index (χ1v) is 10.3. The minimum absolute atomic E-state index is 0.0199. The van der Waals surface area contributed by atoms with Gasteiger partial charge < -0.3 is 24.1 Å². The molecule has 0 bridgehead atoms. The van der Waals surface area contributed by atoms with E-state index in [-0.39, 0.29) is 31.6 Å². The Morgan fingerprint density at radius 1 is 1.32 bits per heavy atom. The van der Waals surface area contributed by atoms with Crippen molar-refractivity contribution in [2.24, 2.45) is 5.11 Å². The Kier molecular flexibility index (Phi) is 9.21. The summed E-state index contributed by atoms with van der Waals surface area (Å²) < 4.78 is 22.3. The second kappa shape index (κ2) is 11.9. The Balaban J connectivity index is 2.26. The molecule has 0 spiro atoms. The number of carbonyl (C=O) groups is 3. The number of carboxylic acid groups (broad SMARTS) is 1. The summed E-state index contributed by atoms with van der Waals surface area (Å²) in [6, 6.07) is -0.817. The average molecular weight is 483 g/mol. The van der Waals surface area contributed by atoms with Crippen molar-refractivity contribution in [3.8, 4) is 0 Å². The SMILES string of the molecule is CCOC(=O)OC(C)n1c(=O)c(C)cn([C@H]2C[C@H](N=[N+]=[N-])[C@@H](COC(=O)CCC(=O)O)O2)c1=O. The van der Waals surface area contributed by atoms with Crippen LogP contribution in [-0.2, 0) is 28.5 Å². The standard InChI is InChI=1S/C19H25N5O10/c1-4-31-19(30)33-11(3)24-17(28)10(2)8-23(18(24)29)14-7-12(21-22-20)13(34-14)9-32-16(27)6-5-15(25)26/h8,11-14H,4-7,9H2,1-3H3,(H,25,26)/t11?,12-,13+,14+/m0/s1. The summed E-state index contributed by atoms with van der Waals surface area (Å²) in [6.07, 6.45) is -3.73. The van der Waals surface area contributed by atoms with E-state index in [2.05, 4.69) is 14.8 Å². The summed E-state index contributed by atoms with van der Waals surface area (Å²) in [5, 5.41) is 12.3. The van der Waals surface area contributed by atoms with Crippen molar-refractivity contribution >= 4 is 18.1 Å². The first-order valence-electron chi connectivity index (χ1n) is 10.3. The van der Waals surface area contributed by atoms with Gasteiger partial charge in [-0.05, 0) is 26.3 Å². The largest absolute Gasteiger partial charge is 0.510 e. The molecule has 0 saturated carbocycles. The highest BCUT2D eigenvalue weighted by Gasteiger charge is 2.38. The van der Waals surface area contributed by atoms with E-state index in [4.69, 9.17) is 24.8 Å². The molecule has 1 aromatic heterocycles. The van der Waals surface area contributed by atoms with Crippen LogP contribution >= 0.6 is 0 Å². The van der Waals surface area contributed by atoms with Crippen molar-refractivity contribution in [1.82, 2.24) is 9.13 Å². The lowest BCUT2D eigenvalue weighted by Crippen LogP contribution is -2.44. The van der Waals surface area contributed by atoms with Crippen LogP contribution in [0.25, 0.3) is 10.4 Å². The van der Waals surface area contributed by atoms with Gasteiger partial charge in [0.15, 0.2) is 6.23 Å². The third-order valence-corrected chi connectivity index (χ3v) is 4.87. The number of carbonyl (C=O) groups excluding carboxylic acids is 2. The van der Waals surface area contributed by atoms with E-state index < -0.39 is 60.4 Å². The summed E-state index contributed by atoms with van der Waals surface area (Å²) in [4.78, 5) is 62.3. The molecule has 0 aliphatic carbocycles. The number of aryl methyl sites for hydroxylation is 1. The summed E-state index contributed by atoms with van der Waals surface area (Å²) in [7, 11) is 0. The molecule has 1 N–H and O–H groups in total. The summed E-state index contributed by atoms with van der Waals surface area (Å²) in [6.45, 7) is 4.04. The first kappa shape index (κ1) is 26.4. The van der Waals surface area contributed by atoms with Gasteiger partial charge in [-0.2, -0.15) is 0 Å². The lowest BCUT2D eigenvalue weighted by atomic mass is 10.1. The molecule has 15 heteroatoms. The summed E-state index contributed by atoms with van der Waals surface area (Å²) in [5.41, 5.74) is 7.46. The number of carboxylic acids is 1. The summed E-state index contributed by atoms with van der Waals surface area (Å²) in [5.74, 6) is -1.94. The molecule has 1 aromatic rings. The Labute approximate surface area is 192 Å². The molecule has 0 amide bonds. The fourth-order valence-electron chi connectivity index (χ4n) is 3.27. The molecule has 1 fully saturated rings. The highest BCUT2D eigenvalue weighted by Crippen LogP contribution is 2.30. The molecule has 1 unspecified atom stereocenters. The monoisotopic (exact) mass is 483 g/mol. The van der Waals surface area contributed by atoms with Crippen LogP contribution in [0.1, 0.15) is 51.1 Å².